The lowest BCUT2D eigenvalue weighted by Gasteiger charge is -1.97. The van der Waals surface area contributed by atoms with Crippen molar-refractivity contribution in [3.63, 3.8) is 0 Å². The average molecular weight is 264 g/mol. The molecule has 1 heteroatoms. The molecule has 0 aromatic rings. The molecule has 0 bridgehead atoms. The monoisotopic (exact) mass is 264 g/mol. The van der Waals surface area contributed by atoms with Crippen LogP contribution in [0.15, 0.2) is 24.3 Å². The Kier molecular flexibility index (Phi) is 10.8. The quantitative estimate of drug-likeness (QED) is 0.232. The molecule has 1 fully saturated rings. The van der Waals surface area contributed by atoms with Gasteiger partial charge in [0, 0.05) is 0 Å². The molecule has 1 aliphatic rings. The van der Waals surface area contributed by atoms with Crippen LogP contribution in [-0.2, 0) is 4.74 Å². The molecule has 0 spiro atoms. The lowest BCUT2D eigenvalue weighted by molar-refractivity contribution is 0.392. The minimum atomic E-state index is 0.602. The summed E-state index contributed by atoms with van der Waals surface area (Å²) in [5.41, 5.74) is 0. The third kappa shape index (κ3) is 12.2. The predicted molar refractivity (Wildman–Crippen MR) is 84.5 cm³/mol. The third-order valence-corrected chi connectivity index (χ3v) is 3.63. The second-order valence-corrected chi connectivity index (χ2v) is 5.62. The maximum Gasteiger partial charge on any atom is 0.0810 e. The van der Waals surface area contributed by atoms with Crippen LogP contribution in [-0.4, -0.2) is 12.7 Å². The fourth-order valence-electron chi connectivity index (χ4n) is 2.25. The van der Waals surface area contributed by atoms with Crippen molar-refractivity contribution in [1.82, 2.24) is 0 Å². The molecule has 0 N–H and O–H groups in total. The fourth-order valence-corrected chi connectivity index (χ4v) is 2.25. The normalized spacial score (nSPS) is 18.7. The largest absolute Gasteiger partial charge is 0.373 e. The smallest absolute Gasteiger partial charge is 0.0810 e. The van der Waals surface area contributed by atoms with E-state index < -0.39 is 0 Å². The molecule has 1 atom stereocenters. The molecule has 0 aliphatic carbocycles. The lowest BCUT2D eigenvalue weighted by Crippen LogP contribution is -1.82. The van der Waals surface area contributed by atoms with E-state index >= 15 is 0 Å². The van der Waals surface area contributed by atoms with E-state index in [2.05, 4.69) is 31.2 Å². The van der Waals surface area contributed by atoms with Gasteiger partial charge in [0.25, 0.3) is 0 Å². The Morgan fingerprint density at radius 3 is 2.16 bits per heavy atom. The van der Waals surface area contributed by atoms with Gasteiger partial charge in [0.2, 0.25) is 0 Å². The van der Waals surface area contributed by atoms with E-state index in [1.807, 2.05) is 0 Å². The van der Waals surface area contributed by atoms with E-state index in [1.165, 1.54) is 64.2 Å². The molecule has 1 nitrogen and oxygen atoms in total. The Morgan fingerprint density at radius 2 is 1.47 bits per heavy atom. The third-order valence-electron chi connectivity index (χ3n) is 3.63. The summed E-state index contributed by atoms with van der Waals surface area (Å²) in [6, 6.07) is 0. The second kappa shape index (κ2) is 12.5. The zero-order chi connectivity index (χ0) is 13.6. The van der Waals surface area contributed by atoms with Gasteiger partial charge < -0.3 is 4.74 Å². The highest BCUT2D eigenvalue weighted by atomic mass is 16.6. The number of ether oxygens (including phenoxy) is 1. The van der Waals surface area contributed by atoms with Crippen LogP contribution < -0.4 is 0 Å². The molecule has 110 valence electrons. The SMILES string of the molecule is CCCCCCCCC=CCC=CCCCC1CO1. The molecule has 0 saturated carbocycles. The van der Waals surface area contributed by atoms with E-state index in [4.69, 9.17) is 4.74 Å². The Labute approximate surface area is 120 Å². The molecule has 19 heavy (non-hydrogen) atoms. The summed E-state index contributed by atoms with van der Waals surface area (Å²) in [4.78, 5) is 0. The van der Waals surface area contributed by atoms with Gasteiger partial charge in [-0.05, 0) is 38.5 Å². The van der Waals surface area contributed by atoms with Gasteiger partial charge in [-0.3, -0.25) is 0 Å². The van der Waals surface area contributed by atoms with Crippen molar-refractivity contribution in [1.29, 1.82) is 0 Å². The van der Waals surface area contributed by atoms with Crippen molar-refractivity contribution >= 4 is 0 Å². The molecular weight excluding hydrogens is 232 g/mol. The standard InChI is InChI=1S/C18H32O/c1-2-3-4-5-6-7-8-9-10-11-12-13-14-15-16-18-17-19-18/h9-10,12-13,18H,2-8,11,14-17H2,1H3. The summed E-state index contributed by atoms with van der Waals surface area (Å²) in [5.74, 6) is 0. The fraction of sp³-hybridized carbons (Fsp3) is 0.778. The highest BCUT2D eigenvalue weighted by Gasteiger charge is 2.20. The van der Waals surface area contributed by atoms with Gasteiger partial charge in [-0.2, -0.15) is 0 Å². The van der Waals surface area contributed by atoms with Gasteiger partial charge in [0.05, 0.1) is 12.7 Å². The number of hydrogen-bond donors (Lipinski definition) is 0. The second-order valence-electron chi connectivity index (χ2n) is 5.62. The van der Waals surface area contributed by atoms with Crippen LogP contribution in [0.1, 0.15) is 77.6 Å². The molecule has 0 aromatic carbocycles. The number of rotatable bonds is 13. The maximum atomic E-state index is 5.19. The van der Waals surface area contributed by atoms with E-state index in [0.29, 0.717) is 6.10 Å². The molecule has 1 aliphatic heterocycles. The van der Waals surface area contributed by atoms with Crippen LogP contribution >= 0.6 is 0 Å². The average Bonchev–Trinajstić information content (AvgIpc) is 3.23. The summed E-state index contributed by atoms with van der Waals surface area (Å²) in [6.07, 6.45) is 24.4. The highest BCUT2D eigenvalue weighted by Crippen LogP contribution is 2.16. The van der Waals surface area contributed by atoms with Crippen LogP contribution in [0, 0.1) is 0 Å². The van der Waals surface area contributed by atoms with Crippen LogP contribution in [0.2, 0.25) is 0 Å². The van der Waals surface area contributed by atoms with E-state index in [-0.39, 0.29) is 0 Å². The zero-order valence-corrected chi connectivity index (χ0v) is 12.8. The zero-order valence-electron chi connectivity index (χ0n) is 12.8. The van der Waals surface area contributed by atoms with E-state index in [9.17, 15) is 0 Å². The minimum absolute atomic E-state index is 0.602. The molecule has 1 unspecified atom stereocenters. The van der Waals surface area contributed by atoms with Crippen LogP contribution in [0.5, 0.6) is 0 Å². The molecule has 1 heterocycles. The van der Waals surface area contributed by atoms with Crippen molar-refractivity contribution < 1.29 is 4.74 Å². The molecule has 0 radical (unpaired) electrons. The number of allylic oxidation sites excluding steroid dienone is 4. The van der Waals surface area contributed by atoms with Crippen molar-refractivity contribution in [2.24, 2.45) is 0 Å². The number of unbranched alkanes of at least 4 members (excludes halogenated alkanes) is 7. The number of hydrogen-bond acceptors (Lipinski definition) is 1. The summed E-state index contributed by atoms with van der Waals surface area (Å²) >= 11 is 0. The molecule has 0 aromatic heterocycles. The first-order valence-electron chi connectivity index (χ1n) is 8.35. The van der Waals surface area contributed by atoms with E-state index in [1.54, 1.807) is 0 Å². The Morgan fingerprint density at radius 1 is 0.842 bits per heavy atom. The maximum absolute atomic E-state index is 5.19. The van der Waals surface area contributed by atoms with Gasteiger partial charge in [-0.15, -0.1) is 0 Å². The van der Waals surface area contributed by atoms with Gasteiger partial charge in [-0.1, -0.05) is 63.3 Å². The summed E-state index contributed by atoms with van der Waals surface area (Å²) in [7, 11) is 0. The van der Waals surface area contributed by atoms with E-state index in [0.717, 1.165) is 13.0 Å². The van der Waals surface area contributed by atoms with Gasteiger partial charge in [-0.25, -0.2) is 0 Å². The summed E-state index contributed by atoms with van der Waals surface area (Å²) in [5, 5.41) is 0. The Balaban J connectivity index is 1.75. The number of epoxide rings is 1. The lowest BCUT2D eigenvalue weighted by atomic mass is 10.1. The first-order valence-corrected chi connectivity index (χ1v) is 8.35. The summed E-state index contributed by atoms with van der Waals surface area (Å²) in [6.45, 7) is 3.28. The Hall–Kier alpha value is -0.560. The molecular formula is C18H32O. The minimum Gasteiger partial charge on any atom is -0.373 e. The van der Waals surface area contributed by atoms with Gasteiger partial charge in [0.15, 0.2) is 0 Å². The molecule has 0 amide bonds. The first kappa shape index (κ1) is 16.5. The summed E-state index contributed by atoms with van der Waals surface area (Å²) < 4.78 is 5.19. The predicted octanol–water partition coefficient (Wildman–Crippen LogP) is 5.81. The molecule has 1 rings (SSSR count). The van der Waals surface area contributed by atoms with Crippen molar-refractivity contribution in [3.8, 4) is 0 Å². The first-order chi connectivity index (χ1) is 9.43. The molecule has 1 saturated heterocycles. The van der Waals surface area contributed by atoms with Crippen molar-refractivity contribution in [2.45, 2.75) is 83.7 Å². The van der Waals surface area contributed by atoms with Crippen molar-refractivity contribution in [2.75, 3.05) is 6.61 Å². The van der Waals surface area contributed by atoms with Crippen LogP contribution in [0.3, 0.4) is 0 Å². The van der Waals surface area contributed by atoms with Crippen LogP contribution in [0.25, 0.3) is 0 Å². The van der Waals surface area contributed by atoms with Crippen LogP contribution in [0.4, 0.5) is 0 Å². The van der Waals surface area contributed by atoms with Gasteiger partial charge >= 0.3 is 0 Å². The highest BCUT2D eigenvalue weighted by molar-refractivity contribution is 4.92. The van der Waals surface area contributed by atoms with Crippen molar-refractivity contribution in [3.05, 3.63) is 24.3 Å². The topological polar surface area (TPSA) is 12.5 Å². The Bertz CT molecular complexity index is 238. The van der Waals surface area contributed by atoms with Gasteiger partial charge in [0.1, 0.15) is 0 Å².